The highest BCUT2D eigenvalue weighted by Gasteiger charge is 2.41. The van der Waals surface area contributed by atoms with Crippen molar-refractivity contribution < 1.29 is 18.0 Å². The summed E-state index contributed by atoms with van der Waals surface area (Å²) in [6.07, 6.45) is -3.51. The summed E-state index contributed by atoms with van der Waals surface area (Å²) in [5.74, 6) is -1.42. The number of alkyl halides is 3. The summed E-state index contributed by atoms with van der Waals surface area (Å²) in [7, 11) is 0. The van der Waals surface area contributed by atoms with Gasteiger partial charge >= 0.3 is 6.18 Å². The molecule has 2 heterocycles. The molecule has 0 aromatic carbocycles. The summed E-state index contributed by atoms with van der Waals surface area (Å²) in [5.41, 5.74) is 2.24. The number of aromatic nitrogens is 1. The number of carbonyl (C=O) groups is 1. The number of likely N-dealkylation sites (tertiary alicyclic amines) is 1. The molecular formula is C14H19F3N2O. The van der Waals surface area contributed by atoms with E-state index < -0.39 is 12.1 Å². The second-order valence-corrected chi connectivity index (χ2v) is 5.53. The number of H-pyrrole nitrogens is 1. The van der Waals surface area contributed by atoms with Gasteiger partial charge in [0.25, 0.3) is 0 Å². The number of rotatable bonds is 3. The molecule has 1 aromatic heterocycles. The number of hydrogen-bond acceptors (Lipinski definition) is 2. The van der Waals surface area contributed by atoms with Gasteiger partial charge in [-0.3, -0.25) is 9.69 Å². The average molecular weight is 288 g/mol. The second kappa shape index (κ2) is 5.60. The monoisotopic (exact) mass is 288 g/mol. The molecule has 0 radical (unpaired) electrons. The fourth-order valence-corrected chi connectivity index (χ4v) is 2.77. The number of aryl methyl sites for hydroxylation is 2. The summed E-state index contributed by atoms with van der Waals surface area (Å²) >= 11 is 0. The first-order chi connectivity index (χ1) is 9.27. The number of carbonyl (C=O) groups excluding carboxylic acids is 1. The first-order valence-corrected chi connectivity index (χ1v) is 6.76. The SMILES string of the molecule is Cc1cc(C(=O)CN2CCC[C@@H](C(F)(F)F)C2)c(C)[nH]1. The predicted octanol–water partition coefficient (Wildman–Crippen LogP) is 3.09. The fraction of sp³-hybridized carbons (Fsp3) is 0.643. The Morgan fingerprint density at radius 1 is 1.45 bits per heavy atom. The highest BCUT2D eigenvalue weighted by molar-refractivity contribution is 5.98. The third-order valence-corrected chi connectivity index (χ3v) is 3.79. The van der Waals surface area contributed by atoms with Gasteiger partial charge in [-0.15, -0.1) is 0 Å². The molecule has 0 aliphatic carbocycles. The minimum absolute atomic E-state index is 0.0602. The van der Waals surface area contributed by atoms with Crippen LogP contribution in [0.1, 0.15) is 34.6 Å². The zero-order valence-electron chi connectivity index (χ0n) is 11.7. The van der Waals surface area contributed by atoms with Crippen molar-refractivity contribution in [3.63, 3.8) is 0 Å². The molecule has 0 spiro atoms. The number of nitrogens with zero attached hydrogens (tertiary/aromatic N) is 1. The van der Waals surface area contributed by atoms with E-state index in [-0.39, 0.29) is 25.3 Å². The molecule has 6 heteroatoms. The summed E-state index contributed by atoms with van der Waals surface area (Å²) < 4.78 is 38.2. The molecule has 0 bridgehead atoms. The van der Waals surface area contributed by atoms with Gasteiger partial charge < -0.3 is 4.98 Å². The lowest BCUT2D eigenvalue weighted by atomic mass is 9.97. The van der Waals surface area contributed by atoms with E-state index in [0.717, 1.165) is 11.4 Å². The second-order valence-electron chi connectivity index (χ2n) is 5.53. The molecule has 1 atom stereocenters. The number of ketones is 1. The smallest absolute Gasteiger partial charge is 0.362 e. The maximum absolute atomic E-state index is 12.7. The highest BCUT2D eigenvalue weighted by atomic mass is 19.4. The Labute approximate surface area is 116 Å². The molecule has 20 heavy (non-hydrogen) atoms. The Balaban J connectivity index is 1.99. The van der Waals surface area contributed by atoms with Crippen LogP contribution in [0.2, 0.25) is 0 Å². The minimum Gasteiger partial charge on any atom is -0.362 e. The third kappa shape index (κ3) is 3.42. The maximum atomic E-state index is 12.7. The number of piperidine rings is 1. The first kappa shape index (κ1) is 15.1. The van der Waals surface area contributed by atoms with Gasteiger partial charge in [-0.25, -0.2) is 0 Å². The molecule has 1 aliphatic rings. The van der Waals surface area contributed by atoms with Crippen LogP contribution in [0.15, 0.2) is 6.07 Å². The number of hydrogen-bond donors (Lipinski definition) is 1. The molecule has 2 rings (SSSR count). The number of nitrogens with one attached hydrogen (secondary N) is 1. The standard InChI is InChI=1S/C14H19F3N2O/c1-9-6-12(10(2)18-9)13(20)8-19-5-3-4-11(7-19)14(15,16)17/h6,11,18H,3-5,7-8H2,1-2H3/t11-/m1/s1. The number of halogens is 3. The molecule has 1 saturated heterocycles. The van der Waals surface area contributed by atoms with Crippen LogP contribution in [0.25, 0.3) is 0 Å². The van der Waals surface area contributed by atoms with Gasteiger partial charge in [0.2, 0.25) is 0 Å². The van der Waals surface area contributed by atoms with E-state index in [9.17, 15) is 18.0 Å². The molecular weight excluding hydrogens is 269 g/mol. The quantitative estimate of drug-likeness (QED) is 0.868. The maximum Gasteiger partial charge on any atom is 0.393 e. The lowest BCUT2D eigenvalue weighted by Gasteiger charge is -2.33. The van der Waals surface area contributed by atoms with Gasteiger partial charge in [0.05, 0.1) is 12.5 Å². The van der Waals surface area contributed by atoms with E-state index in [0.29, 0.717) is 18.5 Å². The van der Waals surface area contributed by atoms with Crippen molar-refractivity contribution in [3.8, 4) is 0 Å². The lowest BCUT2D eigenvalue weighted by Crippen LogP contribution is -2.43. The Kier molecular flexibility index (Phi) is 4.22. The highest BCUT2D eigenvalue weighted by Crippen LogP contribution is 2.33. The summed E-state index contributed by atoms with van der Waals surface area (Å²) in [5, 5.41) is 0. The van der Waals surface area contributed by atoms with Crippen molar-refractivity contribution in [1.82, 2.24) is 9.88 Å². The molecule has 1 fully saturated rings. The molecule has 1 N–H and O–H groups in total. The van der Waals surface area contributed by atoms with Gasteiger partial charge in [-0.05, 0) is 39.3 Å². The molecule has 0 unspecified atom stereocenters. The van der Waals surface area contributed by atoms with Crippen molar-refractivity contribution in [2.75, 3.05) is 19.6 Å². The van der Waals surface area contributed by atoms with E-state index in [1.807, 2.05) is 6.92 Å². The summed E-state index contributed by atoms with van der Waals surface area (Å²) in [6, 6.07) is 1.75. The van der Waals surface area contributed by atoms with Crippen LogP contribution in [0.4, 0.5) is 13.2 Å². The predicted molar refractivity (Wildman–Crippen MR) is 69.8 cm³/mol. The molecule has 1 aliphatic heterocycles. The van der Waals surface area contributed by atoms with Crippen LogP contribution in [0, 0.1) is 19.8 Å². The average Bonchev–Trinajstić information content (AvgIpc) is 2.68. The van der Waals surface area contributed by atoms with Gasteiger partial charge in [0.15, 0.2) is 5.78 Å². The van der Waals surface area contributed by atoms with Crippen LogP contribution >= 0.6 is 0 Å². The van der Waals surface area contributed by atoms with Crippen molar-refractivity contribution in [1.29, 1.82) is 0 Å². The number of Topliss-reactive ketones (excluding diaryl/α,β-unsaturated/α-hetero) is 1. The van der Waals surface area contributed by atoms with Gasteiger partial charge in [-0.2, -0.15) is 13.2 Å². The lowest BCUT2D eigenvalue weighted by molar-refractivity contribution is -0.186. The van der Waals surface area contributed by atoms with Crippen LogP contribution in [0.5, 0.6) is 0 Å². The molecule has 3 nitrogen and oxygen atoms in total. The van der Waals surface area contributed by atoms with Crippen molar-refractivity contribution in [2.45, 2.75) is 32.9 Å². The van der Waals surface area contributed by atoms with Gasteiger partial charge in [-0.1, -0.05) is 0 Å². The van der Waals surface area contributed by atoms with E-state index >= 15 is 0 Å². The van der Waals surface area contributed by atoms with Crippen LogP contribution in [-0.2, 0) is 0 Å². The largest absolute Gasteiger partial charge is 0.393 e. The zero-order valence-corrected chi connectivity index (χ0v) is 11.7. The van der Waals surface area contributed by atoms with Crippen LogP contribution < -0.4 is 0 Å². The summed E-state index contributed by atoms with van der Waals surface area (Å²) in [6.45, 7) is 4.20. The molecule has 1 aromatic rings. The molecule has 0 amide bonds. The molecule has 0 saturated carbocycles. The fourth-order valence-electron chi connectivity index (χ4n) is 2.77. The topological polar surface area (TPSA) is 36.1 Å². The Hall–Kier alpha value is -1.30. The van der Waals surface area contributed by atoms with Crippen LogP contribution in [0.3, 0.4) is 0 Å². The van der Waals surface area contributed by atoms with Crippen molar-refractivity contribution in [3.05, 3.63) is 23.0 Å². The zero-order chi connectivity index (χ0) is 14.9. The van der Waals surface area contributed by atoms with E-state index in [1.54, 1.807) is 17.9 Å². The van der Waals surface area contributed by atoms with Crippen molar-refractivity contribution in [2.24, 2.45) is 5.92 Å². The van der Waals surface area contributed by atoms with E-state index in [2.05, 4.69) is 4.98 Å². The number of aromatic amines is 1. The van der Waals surface area contributed by atoms with Crippen molar-refractivity contribution >= 4 is 5.78 Å². The normalized spacial score (nSPS) is 21.1. The summed E-state index contributed by atoms with van der Waals surface area (Å²) in [4.78, 5) is 16.8. The minimum atomic E-state index is -4.16. The van der Waals surface area contributed by atoms with Gasteiger partial charge in [0, 0.05) is 23.5 Å². The van der Waals surface area contributed by atoms with E-state index in [4.69, 9.17) is 0 Å². The Morgan fingerprint density at radius 3 is 2.70 bits per heavy atom. The van der Waals surface area contributed by atoms with Gasteiger partial charge in [0.1, 0.15) is 0 Å². The Bertz CT molecular complexity index is 493. The Morgan fingerprint density at radius 2 is 2.15 bits per heavy atom. The third-order valence-electron chi connectivity index (χ3n) is 3.79. The molecule has 112 valence electrons. The van der Waals surface area contributed by atoms with Crippen LogP contribution in [-0.4, -0.2) is 41.5 Å². The van der Waals surface area contributed by atoms with E-state index in [1.165, 1.54) is 0 Å². The first-order valence-electron chi connectivity index (χ1n) is 6.76.